The fourth-order valence-electron chi connectivity index (χ4n) is 1.78. The monoisotopic (exact) mass is 170 g/mol. The smallest absolute Gasteiger partial charge is 0.0389 e. The molecule has 0 radical (unpaired) electrons. The standard InChI is InChI=1S/C12H26/c1-7-9(3)11(5)12(6)10(4)8-2/h9-12H,7-8H2,1-6H3/t9-,10-,11?,12?/m0/s1. The Kier molecular flexibility index (Phi) is 5.61. The molecule has 0 aromatic carbocycles. The quantitative estimate of drug-likeness (QED) is 0.575. The van der Waals surface area contributed by atoms with Crippen molar-refractivity contribution >= 4 is 0 Å². The van der Waals surface area contributed by atoms with Gasteiger partial charge in [0.25, 0.3) is 0 Å². The van der Waals surface area contributed by atoms with Crippen LogP contribution in [0.25, 0.3) is 0 Å². The van der Waals surface area contributed by atoms with E-state index in [-0.39, 0.29) is 0 Å². The maximum absolute atomic E-state index is 2.41. The van der Waals surface area contributed by atoms with E-state index < -0.39 is 0 Å². The van der Waals surface area contributed by atoms with E-state index in [1.165, 1.54) is 12.8 Å². The van der Waals surface area contributed by atoms with E-state index in [1.54, 1.807) is 0 Å². The molecule has 0 saturated carbocycles. The SMILES string of the molecule is CC[C@H](C)C(C)C(C)[C@@H](C)CC. The predicted molar refractivity (Wildman–Crippen MR) is 57.2 cm³/mol. The van der Waals surface area contributed by atoms with Gasteiger partial charge in [-0.1, -0.05) is 54.4 Å². The lowest BCUT2D eigenvalue weighted by atomic mass is 9.77. The van der Waals surface area contributed by atoms with Gasteiger partial charge in [-0.25, -0.2) is 0 Å². The third-order valence-corrected chi connectivity index (χ3v) is 3.91. The maximum Gasteiger partial charge on any atom is -0.0389 e. The predicted octanol–water partition coefficient (Wildman–Crippen LogP) is 4.35. The summed E-state index contributed by atoms with van der Waals surface area (Å²) in [5.74, 6) is 3.53. The van der Waals surface area contributed by atoms with Gasteiger partial charge in [-0.15, -0.1) is 0 Å². The van der Waals surface area contributed by atoms with E-state index in [2.05, 4.69) is 41.5 Å². The largest absolute Gasteiger partial charge is 0.0651 e. The van der Waals surface area contributed by atoms with E-state index in [4.69, 9.17) is 0 Å². The maximum atomic E-state index is 2.41. The summed E-state index contributed by atoms with van der Waals surface area (Å²) in [6, 6.07) is 0. The number of hydrogen-bond acceptors (Lipinski definition) is 0. The first-order chi connectivity index (χ1) is 5.54. The van der Waals surface area contributed by atoms with E-state index >= 15 is 0 Å². The summed E-state index contributed by atoms with van der Waals surface area (Å²) in [5.41, 5.74) is 0. The van der Waals surface area contributed by atoms with Gasteiger partial charge in [-0.05, 0) is 23.7 Å². The van der Waals surface area contributed by atoms with Crippen LogP contribution in [-0.2, 0) is 0 Å². The highest BCUT2D eigenvalue weighted by Crippen LogP contribution is 2.29. The minimum Gasteiger partial charge on any atom is -0.0651 e. The average molecular weight is 170 g/mol. The third-order valence-electron chi connectivity index (χ3n) is 3.91. The first kappa shape index (κ1) is 12.0. The van der Waals surface area contributed by atoms with E-state index in [0.717, 1.165) is 23.7 Å². The van der Waals surface area contributed by atoms with Gasteiger partial charge in [-0.3, -0.25) is 0 Å². The Labute approximate surface area is 78.8 Å². The zero-order valence-electron chi connectivity index (χ0n) is 9.72. The summed E-state index contributed by atoms with van der Waals surface area (Å²) in [4.78, 5) is 0. The van der Waals surface area contributed by atoms with E-state index in [1.807, 2.05) is 0 Å². The van der Waals surface area contributed by atoms with Crippen LogP contribution in [0.2, 0.25) is 0 Å². The van der Waals surface area contributed by atoms with Gasteiger partial charge in [0.1, 0.15) is 0 Å². The van der Waals surface area contributed by atoms with Crippen molar-refractivity contribution in [3.8, 4) is 0 Å². The summed E-state index contributed by atoms with van der Waals surface area (Å²) in [5, 5.41) is 0. The van der Waals surface area contributed by atoms with E-state index in [9.17, 15) is 0 Å². The minimum atomic E-state index is 0.880. The Morgan fingerprint density at radius 1 is 0.667 bits per heavy atom. The van der Waals surface area contributed by atoms with Gasteiger partial charge in [0.15, 0.2) is 0 Å². The van der Waals surface area contributed by atoms with Crippen LogP contribution in [0.3, 0.4) is 0 Å². The molecule has 0 aromatic rings. The molecule has 0 aliphatic carbocycles. The second kappa shape index (κ2) is 5.61. The molecule has 0 saturated heterocycles. The fourth-order valence-corrected chi connectivity index (χ4v) is 1.78. The van der Waals surface area contributed by atoms with Gasteiger partial charge in [0.2, 0.25) is 0 Å². The highest BCUT2D eigenvalue weighted by atomic mass is 14.3. The van der Waals surface area contributed by atoms with Crippen molar-refractivity contribution in [2.24, 2.45) is 23.7 Å². The molecule has 0 rings (SSSR count). The van der Waals surface area contributed by atoms with Crippen molar-refractivity contribution in [1.82, 2.24) is 0 Å². The zero-order chi connectivity index (χ0) is 9.72. The summed E-state index contributed by atoms with van der Waals surface area (Å²) in [7, 11) is 0. The fraction of sp³-hybridized carbons (Fsp3) is 1.00. The Hall–Kier alpha value is 0. The second-order valence-corrected chi connectivity index (χ2v) is 4.49. The number of rotatable bonds is 5. The Balaban J connectivity index is 3.99. The topological polar surface area (TPSA) is 0 Å². The van der Waals surface area contributed by atoms with Crippen molar-refractivity contribution in [3.05, 3.63) is 0 Å². The molecule has 12 heavy (non-hydrogen) atoms. The molecule has 0 bridgehead atoms. The molecule has 4 atom stereocenters. The molecule has 0 fully saturated rings. The van der Waals surface area contributed by atoms with Gasteiger partial charge in [0.05, 0.1) is 0 Å². The van der Waals surface area contributed by atoms with Crippen LogP contribution in [0.4, 0.5) is 0 Å². The summed E-state index contributed by atoms with van der Waals surface area (Å²) >= 11 is 0. The minimum absolute atomic E-state index is 0.880. The van der Waals surface area contributed by atoms with Crippen LogP contribution >= 0.6 is 0 Å². The molecule has 0 spiro atoms. The second-order valence-electron chi connectivity index (χ2n) is 4.49. The molecule has 74 valence electrons. The zero-order valence-corrected chi connectivity index (χ0v) is 9.72. The van der Waals surface area contributed by atoms with Crippen molar-refractivity contribution in [3.63, 3.8) is 0 Å². The summed E-state index contributed by atoms with van der Waals surface area (Å²) < 4.78 is 0. The molecule has 2 unspecified atom stereocenters. The molecule has 0 heteroatoms. The van der Waals surface area contributed by atoms with Gasteiger partial charge >= 0.3 is 0 Å². The van der Waals surface area contributed by atoms with Crippen molar-refractivity contribution in [1.29, 1.82) is 0 Å². The lowest BCUT2D eigenvalue weighted by Crippen LogP contribution is -2.21. The van der Waals surface area contributed by atoms with Crippen LogP contribution in [0.1, 0.15) is 54.4 Å². The van der Waals surface area contributed by atoms with Crippen molar-refractivity contribution in [2.75, 3.05) is 0 Å². The highest BCUT2D eigenvalue weighted by Gasteiger charge is 2.21. The first-order valence-corrected chi connectivity index (χ1v) is 5.54. The molecule has 0 aliphatic rings. The van der Waals surface area contributed by atoms with Crippen LogP contribution in [0.5, 0.6) is 0 Å². The van der Waals surface area contributed by atoms with Crippen LogP contribution in [-0.4, -0.2) is 0 Å². The van der Waals surface area contributed by atoms with E-state index in [0.29, 0.717) is 0 Å². The highest BCUT2D eigenvalue weighted by molar-refractivity contribution is 4.70. The summed E-state index contributed by atoms with van der Waals surface area (Å²) in [6.07, 6.45) is 2.64. The van der Waals surface area contributed by atoms with Gasteiger partial charge in [0, 0.05) is 0 Å². The Morgan fingerprint density at radius 2 is 0.917 bits per heavy atom. The van der Waals surface area contributed by atoms with Crippen molar-refractivity contribution in [2.45, 2.75) is 54.4 Å². The van der Waals surface area contributed by atoms with Gasteiger partial charge < -0.3 is 0 Å². The molecule has 0 N–H and O–H groups in total. The molecule has 0 aromatic heterocycles. The van der Waals surface area contributed by atoms with Crippen LogP contribution < -0.4 is 0 Å². The molecular weight excluding hydrogens is 144 g/mol. The molecule has 0 aliphatic heterocycles. The lowest BCUT2D eigenvalue weighted by molar-refractivity contribution is 0.205. The van der Waals surface area contributed by atoms with Crippen LogP contribution in [0, 0.1) is 23.7 Å². The molecule has 0 heterocycles. The van der Waals surface area contributed by atoms with Gasteiger partial charge in [-0.2, -0.15) is 0 Å². The van der Waals surface area contributed by atoms with Crippen molar-refractivity contribution < 1.29 is 0 Å². The molecular formula is C12H26. The van der Waals surface area contributed by atoms with Crippen LogP contribution in [0.15, 0.2) is 0 Å². The third kappa shape index (κ3) is 3.16. The Morgan fingerprint density at radius 3 is 1.08 bits per heavy atom. The lowest BCUT2D eigenvalue weighted by Gasteiger charge is -2.29. The molecule has 0 nitrogen and oxygen atoms in total. The average Bonchev–Trinajstić information content (AvgIpc) is 2.12. The summed E-state index contributed by atoms with van der Waals surface area (Å²) in [6.45, 7) is 14.2. The normalized spacial score (nSPS) is 21.5. The first-order valence-electron chi connectivity index (χ1n) is 5.54. The number of hydrogen-bond donors (Lipinski definition) is 0. The molecule has 0 amide bonds. The Bertz CT molecular complexity index is 92.6.